The molecule has 4 heteroatoms. The minimum absolute atomic E-state index is 0. The largest absolute Gasteiger partial charge is 0.305 e. The zero-order valence-electron chi connectivity index (χ0n) is 27.8. The standard InChI is InChI=1S/C23H22N.C19H24NSi.Ir/c1-17-8-7-13-20(14-17)23-15-21(18-11-5-6-12-18)22(16-24-23)19-9-3-2-4-10-19;1-21(2,3)19-14-20-18(16-11-5-4-6-12-16)13-17(19)15-9-7-8-10-15;/h2-4,7-10,14-16,18H,5-6,11-12H2,1H3;4-6,11,13-15H,7-10H2,1-3H3;/q2*-1;. The molecule has 0 bridgehead atoms. The monoisotopic (exact) mass is 799 g/mol. The fourth-order valence-corrected chi connectivity index (χ4v) is 8.75. The Balaban J connectivity index is 0.000000179. The van der Waals surface area contributed by atoms with E-state index in [-0.39, 0.29) is 20.1 Å². The summed E-state index contributed by atoms with van der Waals surface area (Å²) in [6.07, 6.45) is 14.9. The molecule has 0 atom stereocenters. The first-order valence-electron chi connectivity index (χ1n) is 16.9. The third-order valence-corrected chi connectivity index (χ3v) is 11.6. The first-order chi connectivity index (χ1) is 21.9. The van der Waals surface area contributed by atoms with Crippen LogP contribution in [0.4, 0.5) is 0 Å². The number of aromatic nitrogens is 2. The van der Waals surface area contributed by atoms with Crippen LogP contribution >= 0.6 is 0 Å². The van der Waals surface area contributed by atoms with Crippen molar-refractivity contribution in [2.45, 2.75) is 89.8 Å². The van der Waals surface area contributed by atoms with Crippen molar-refractivity contribution in [2.75, 3.05) is 0 Å². The molecule has 0 N–H and O–H groups in total. The SMILES string of the molecule is C[Si](C)(C)c1cnc(-c2[c-]cccc2)cc1C1CCCC1.Cc1cc[c-]c(-c2cc(C3CCCC3)c(-c3ccccc3)cn2)c1.[Ir]. The van der Waals surface area contributed by atoms with E-state index in [0.29, 0.717) is 5.92 Å². The molecule has 2 aliphatic carbocycles. The van der Waals surface area contributed by atoms with Crippen molar-refractivity contribution in [1.82, 2.24) is 9.97 Å². The van der Waals surface area contributed by atoms with Gasteiger partial charge in [-0.25, -0.2) is 0 Å². The van der Waals surface area contributed by atoms with Crippen LogP contribution < -0.4 is 5.19 Å². The molecule has 239 valence electrons. The summed E-state index contributed by atoms with van der Waals surface area (Å²) in [4.78, 5) is 9.52. The third kappa shape index (κ3) is 8.21. The van der Waals surface area contributed by atoms with Gasteiger partial charge in [-0.1, -0.05) is 100 Å². The number of hydrogen-bond donors (Lipinski definition) is 0. The van der Waals surface area contributed by atoms with Gasteiger partial charge >= 0.3 is 0 Å². The van der Waals surface area contributed by atoms with Crippen LogP contribution in [0, 0.1) is 19.1 Å². The van der Waals surface area contributed by atoms with Crippen molar-refractivity contribution in [3.63, 3.8) is 0 Å². The molecule has 2 saturated carbocycles. The zero-order valence-corrected chi connectivity index (χ0v) is 31.2. The van der Waals surface area contributed by atoms with Crippen LogP contribution in [0.25, 0.3) is 33.6 Å². The topological polar surface area (TPSA) is 25.8 Å². The molecule has 0 amide bonds. The Kier molecular flexibility index (Phi) is 11.6. The third-order valence-electron chi connectivity index (χ3n) is 9.57. The first-order valence-corrected chi connectivity index (χ1v) is 20.4. The summed E-state index contributed by atoms with van der Waals surface area (Å²) in [5, 5.41) is 1.55. The summed E-state index contributed by atoms with van der Waals surface area (Å²) < 4.78 is 0. The van der Waals surface area contributed by atoms with Gasteiger partial charge in [0.2, 0.25) is 0 Å². The van der Waals surface area contributed by atoms with E-state index in [2.05, 4.69) is 118 Å². The van der Waals surface area contributed by atoms with Gasteiger partial charge in [0.05, 0.1) is 8.07 Å². The smallest absolute Gasteiger partial charge is 0.0799 e. The van der Waals surface area contributed by atoms with E-state index >= 15 is 0 Å². The van der Waals surface area contributed by atoms with Gasteiger partial charge in [0.1, 0.15) is 0 Å². The van der Waals surface area contributed by atoms with Gasteiger partial charge in [0.25, 0.3) is 0 Å². The second-order valence-corrected chi connectivity index (χ2v) is 19.0. The maximum Gasteiger partial charge on any atom is 0.0799 e. The Morgan fingerprint density at radius 3 is 1.85 bits per heavy atom. The fraction of sp³-hybridized carbons (Fsp3) is 0.333. The van der Waals surface area contributed by atoms with Crippen LogP contribution in [0.3, 0.4) is 0 Å². The quantitative estimate of drug-likeness (QED) is 0.126. The predicted molar refractivity (Wildman–Crippen MR) is 193 cm³/mol. The van der Waals surface area contributed by atoms with E-state index in [4.69, 9.17) is 9.97 Å². The van der Waals surface area contributed by atoms with Crippen LogP contribution in [0.5, 0.6) is 0 Å². The Labute approximate surface area is 291 Å². The van der Waals surface area contributed by atoms with Gasteiger partial charge < -0.3 is 9.97 Å². The molecule has 2 aromatic heterocycles. The summed E-state index contributed by atoms with van der Waals surface area (Å²) in [6, 6.07) is 36.4. The van der Waals surface area contributed by atoms with Gasteiger partial charge in [-0.15, -0.1) is 71.3 Å². The van der Waals surface area contributed by atoms with E-state index in [0.717, 1.165) is 28.4 Å². The van der Waals surface area contributed by atoms with Crippen LogP contribution in [-0.4, -0.2) is 18.0 Å². The number of hydrogen-bond acceptors (Lipinski definition) is 2. The van der Waals surface area contributed by atoms with Gasteiger partial charge in [-0.05, 0) is 65.2 Å². The van der Waals surface area contributed by atoms with E-state index in [1.165, 1.54) is 73.6 Å². The van der Waals surface area contributed by atoms with Gasteiger partial charge in [0.15, 0.2) is 0 Å². The molecular weight excluding hydrogens is 753 g/mol. The molecule has 0 unspecified atom stereocenters. The van der Waals surface area contributed by atoms with Crippen LogP contribution in [0.2, 0.25) is 19.6 Å². The minimum atomic E-state index is -1.34. The predicted octanol–water partition coefficient (Wildman–Crippen LogP) is 10.9. The van der Waals surface area contributed by atoms with Crippen molar-refractivity contribution in [1.29, 1.82) is 0 Å². The number of benzene rings is 3. The average molecular weight is 799 g/mol. The summed E-state index contributed by atoms with van der Waals surface area (Å²) >= 11 is 0. The number of nitrogens with zero attached hydrogens (tertiary/aromatic N) is 2. The van der Waals surface area contributed by atoms with E-state index in [1.807, 2.05) is 18.2 Å². The fourth-order valence-electron chi connectivity index (χ4n) is 7.15. The molecule has 46 heavy (non-hydrogen) atoms. The molecular formula is C42H46IrN2Si-2. The summed E-state index contributed by atoms with van der Waals surface area (Å²) in [6.45, 7) is 9.40. The molecule has 1 radical (unpaired) electrons. The Hall–Kier alpha value is -3.17. The van der Waals surface area contributed by atoms with Gasteiger partial charge in [-0.3, -0.25) is 0 Å². The maximum atomic E-state index is 4.77. The van der Waals surface area contributed by atoms with E-state index in [1.54, 1.807) is 10.8 Å². The normalized spacial score (nSPS) is 15.2. The molecule has 0 saturated heterocycles. The molecule has 3 aromatic carbocycles. The average Bonchev–Trinajstić information content (AvgIpc) is 3.81. The van der Waals surface area contributed by atoms with Crippen molar-refractivity contribution >= 4 is 13.3 Å². The van der Waals surface area contributed by atoms with Crippen LogP contribution in [-0.2, 0) is 20.1 Å². The zero-order chi connectivity index (χ0) is 31.2. The molecule has 2 nitrogen and oxygen atoms in total. The minimum Gasteiger partial charge on any atom is -0.305 e. The number of aryl methyl sites for hydroxylation is 1. The van der Waals surface area contributed by atoms with Gasteiger partial charge in [0, 0.05) is 38.1 Å². The number of rotatable bonds is 6. The second kappa shape index (κ2) is 15.6. The van der Waals surface area contributed by atoms with Crippen molar-refractivity contribution in [2.24, 2.45) is 0 Å². The summed E-state index contributed by atoms with van der Waals surface area (Å²) in [5.41, 5.74) is 11.2. The summed E-state index contributed by atoms with van der Waals surface area (Å²) in [7, 11) is -1.34. The maximum absolute atomic E-state index is 4.77. The Morgan fingerprint density at radius 1 is 0.630 bits per heavy atom. The van der Waals surface area contributed by atoms with Crippen LogP contribution in [0.1, 0.15) is 79.9 Å². The van der Waals surface area contributed by atoms with Crippen molar-refractivity contribution < 1.29 is 20.1 Å². The van der Waals surface area contributed by atoms with E-state index in [9.17, 15) is 0 Å². The van der Waals surface area contributed by atoms with Crippen LogP contribution in [0.15, 0.2) is 97.3 Å². The first kappa shape index (κ1) is 34.2. The van der Waals surface area contributed by atoms with E-state index < -0.39 is 8.07 Å². The molecule has 7 rings (SSSR count). The molecule has 0 aliphatic heterocycles. The molecule has 5 aromatic rings. The molecule has 2 heterocycles. The summed E-state index contributed by atoms with van der Waals surface area (Å²) in [5.74, 6) is 1.41. The molecule has 2 fully saturated rings. The molecule has 2 aliphatic rings. The Bertz CT molecular complexity index is 1700. The Morgan fingerprint density at radius 2 is 1.22 bits per heavy atom. The van der Waals surface area contributed by atoms with Gasteiger partial charge in [-0.2, -0.15) is 0 Å². The van der Waals surface area contributed by atoms with Crippen molar-refractivity contribution in [3.8, 4) is 33.6 Å². The number of pyridine rings is 2. The molecule has 0 spiro atoms. The van der Waals surface area contributed by atoms with Crippen molar-refractivity contribution in [3.05, 3.63) is 126 Å². The second-order valence-electron chi connectivity index (χ2n) is 13.9.